The lowest BCUT2D eigenvalue weighted by Gasteiger charge is -2.32. The number of methoxy groups -OCH3 is 3. The minimum absolute atomic E-state index is 0.0992. The van der Waals surface area contributed by atoms with Gasteiger partial charge in [0.15, 0.2) is 23.0 Å². The van der Waals surface area contributed by atoms with Gasteiger partial charge in [0.05, 0.1) is 33.0 Å². The van der Waals surface area contributed by atoms with E-state index in [4.69, 9.17) is 18.9 Å². The SMILES string of the molecule is COc1cc([C@@H](C(=O)NC[C@@H]2CCCO2)N(C(=O)Cn2nnc3ccccc32)c2ccc(OC)c(OC)c2)ccc1O. The quantitative estimate of drug-likeness (QED) is 0.276. The van der Waals surface area contributed by atoms with E-state index in [0.717, 1.165) is 12.8 Å². The molecule has 1 aliphatic heterocycles. The fraction of sp³-hybridized carbons (Fsp3) is 0.333. The van der Waals surface area contributed by atoms with Gasteiger partial charge in [0.1, 0.15) is 18.1 Å². The summed E-state index contributed by atoms with van der Waals surface area (Å²) >= 11 is 0. The van der Waals surface area contributed by atoms with Gasteiger partial charge in [-0.05, 0) is 54.8 Å². The van der Waals surface area contributed by atoms with Gasteiger partial charge in [0.25, 0.3) is 0 Å². The molecule has 5 rings (SSSR count). The van der Waals surface area contributed by atoms with E-state index in [1.807, 2.05) is 18.2 Å². The van der Waals surface area contributed by atoms with Gasteiger partial charge in [-0.15, -0.1) is 5.10 Å². The molecule has 2 amide bonds. The number of carbonyl (C=O) groups is 2. The Hall–Kier alpha value is -4.84. The zero-order valence-electron chi connectivity index (χ0n) is 23.6. The third-order valence-electron chi connectivity index (χ3n) is 7.17. The molecule has 12 heteroatoms. The van der Waals surface area contributed by atoms with Gasteiger partial charge in [-0.25, -0.2) is 4.68 Å². The van der Waals surface area contributed by atoms with Crippen molar-refractivity contribution in [1.29, 1.82) is 0 Å². The highest BCUT2D eigenvalue weighted by Gasteiger charge is 2.35. The smallest absolute Gasteiger partial charge is 0.249 e. The number of anilines is 1. The summed E-state index contributed by atoms with van der Waals surface area (Å²) in [6.45, 7) is 0.715. The summed E-state index contributed by atoms with van der Waals surface area (Å²) in [6, 6.07) is 15.7. The van der Waals surface area contributed by atoms with Crippen LogP contribution in [0.4, 0.5) is 5.69 Å². The van der Waals surface area contributed by atoms with Crippen molar-refractivity contribution in [3.63, 3.8) is 0 Å². The second-order valence-corrected chi connectivity index (χ2v) is 9.75. The Morgan fingerprint density at radius 2 is 1.83 bits per heavy atom. The van der Waals surface area contributed by atoms with Crippen molar-refractivity contribution in [2.75, 3.05) is 39.4 Å². The Balaban J connectivity index is 1.61. The number of nitrogens with zero attached hydrogens (tertiary/aromatic N) is 4. The largest absolute Gasteiger partial charge is 0.504 e. The van der Waals surface area contributed by atoms with Crippen LogP contribution in [-0.2, 0) is 20.9 Å². The number of carbonyl (C=O) groups excluding carboxylic acids is 2. The number of hydrogen-bond donors (Lipinski definition) is 2. The molecular weight excluding hydrogens is 542 g/mol. The first-order chi connectivity index (χ1) is 20.4. The molecule has 12 nitrogen and oxygen atoms in total. The maximum absolute atomic E-state index is 14.3. The molecule has 3 aromatic carbocycles. The molecule has 0 unspecified atom stereocenters. The van der Waals surface area contributed by atoms with Crippen molar-refractivity contribution in [3.05, 3.63) is 66.2 Å². The highest BCUT2D eigenvalue weighted by molar-refractivity contribution is 6.02. The number of nitrogens with one attached hydrogen (secondary N) is 1. The number of fused-ring (bicyclic) bond motifs is 1. The number of phenols is 1. The number of benzene rings is 3. The first-order valence-corrected chi connectivity index (χ1v) is 13.5. The van der Waals surface area contributed by atoms with Gasteiger partial charge in [-0.1, -0.05) is 23.4 Å². The lowest BCUT2D eigenvalue weighted by Crippen LogP contribution is -2.46. The van der Waals surface area contributed by atoms with Crippen molar-refractivity contribution < 1.29 is 33.6 Å². The summed E-state index contributed by atoms with van der Waals surface area (Å²) < 4.78 is 23.5. The third-order valence-corrected chi connectivity index (χ3v) is 7.17. The molecule has 0 radical (unpaired) electrons. The van der Waals surface area contributed by atoms with Gasteiger partial charge in [-0.3, -0.25) is 14.5 Å². The molecule has 2 N–H and O–H groups in total. The minimum atomic E-state index is -1.17. The van der Waals surface area contributed by atoms with Crippen LogP contribution < -0.4 is 24.4 Å². The van der Waals surface area contributed by atoms with E-state index in [9.17, 15) is 14.7 Å². The third kappa shape index (κ3) is 5.93. The van der Waals surface area contributed by atoms with Crippen LogP contribution in [0.25, 0.3) is 11.0 Å². The zero-order valence-corrected chi connectivity index (χ0v) is 23.6. The van der Waals surface area contributed by atoms with Gasteiger partial charge in [0.2, 0.25) is 11.8 Å². The maximum Gasteiger partial charge on any atom is 0.249 e. The van der Waals surface area contributed by atoms with Crippen molar-refractivity contribution >= 4 is 28.5 Å². The molecule has 1 saturated heterocycles. The average molecular weight is 576 g/mol. The first-order valence-electron chi connectivity index (χ1n) is 13.5. The van der Waals surface area contributed by atoms with Crippen molar-refractivity contribution in [2.24, 2.45) is 0 Å². The number of phenolic OH excluding ortho intramolecular Hbond substituents is 1. The Bertz CT molecular complexity index is 1570. The average Bonchev–Trinajstić information content (AvgIpc) is 3.69. The molecule has 1 aliphatic rings. The highest BCUT2D eigenvalue weighted by atomic mass is 16.5. The van der Waals surface area contributed by atoms with Crippen LogP contribution >= 0.6 is 0 Å². The van der Waals surface area contributed by atoms with Crippen molar-refractivity contribution in [1.82, 2.24) is 20.3 Å². The second kappa shape index (κ2) is 12.8. The van der Waals surface area contributed by atoms with Crippen molar-refractivity contribution in [3.8, 4) is 23.0 Å². The van der Waals surface area contributed by atoms with E-state index in [1.54, 1.807) is 30.3 Å². The number of hydrogen-bond acceptors (Lipinski definition) is 9. The van der Waals surface area contributed by atoms with E-state index in [0.29, 0.717) is 40.4 Å². The normalized spacial score (nSPS) is 15.3. The molecule has 0 spiro atoms. The summed E-state index contributed by atoms with van der Waals surface area (Å²) in [7, 11) is 4.42. The minimum Gasteiger partial charge on any atom is -0.504 e. The Labute approximate surface area is 242 Å². The van der Waals surface area contributed by atoms with E-state index < -0.39 is 17.9 Å². The van der Waals surface area contributed by atoms with Crippen LogP contribution in [0.2, 0.25) is 0 Å². The number of aromatic nitrogens is 3. The van der Waals surface area contributed by atoms with Gasteiger partial charge >= 0.3 is 0 Å². The standard InChI is InChI=1S/C30H33N5O7/c1-39-25-13-11-20(16-27(25)41-3)35(28(37)18-34-23-9-5-4-8-22(23)32-33-34)29(19-10-12-24(36)26(15-19)40-2)30(38)31-17-21-7-6-14-42-21/h4-5,8-13,15-16,21,29,36H,6-7,14,17-18H2,1-3H3,(H,31,38)/t21-,29-/m0/s1. The predicted octanol–water partition coefficient (Wildman–Crippen LogP) is 3.23. The maximum atomic E-state index is 14.3. The predicted molar refractivity (Wildman–Crippen MR) is 154 cm³/mol. The summed E-state index contributed by atoms with van der Waals surface area (Å²) in [5, 5.41) is 21.6. The topological polar surface area (TPSA) is 137 Å². The van der Waals surface area contributed by atoms with Crippen LogP contribution in [0, 0.1) is 0 Å². The molecule has 0 bridgehead atoms. The zero-order chi connectivity index (χ0) is 29.6. The molecule has 1 fully saturated rings. The Morgan fingerprint density at radius 3 is 2.57 bits per heavy atom. The Morgan fingerprint density at radius 1 is 1.05 bits per heavy atom. The van der Waals surface area contributed by atoms with Crippen LogP contribution in [0.1, 0.15) is 24.4 Å². The fourth-order valence-corrected chi connectivity index (χ4v) is 5.05. The molecule has 42 heavy (non-hydrogen) atoms. The van der Waals surface area contributed by atoms with E-state index >= 15 is 0 Å². The van der Waals surface area contributed by atoms with E-state index in [1.165, 1.54) is 43.0 Å². The van der Waals surface area contributed by atoms with Crippen LogP contribution in [0.15, 0.2) is 60.7 Å². The number of amides is 2. The monoisotopic (exact) mass is 575 g/mol. The first kappa shape index (κ1) is 28.7. The lowest BCUT2D eigenvalue weighted by atomic mass is 10.0. The van der Waals surface area contributed by atoms with Crippen LogP contribution in [-0.4, -0.2) is 72.5 Å². The summed E-state index contributed by atoms with van der Waals surface area (Å²) in [5.41, 5.74) is 2.10. The van der Waals surface area contributed by atoms with E-state index in [-0.39, 0.29) is 30.7 Å². The molecule has 2 heterocycles. The van der Waals surface area contributed by atoms with Gasteiger partial charge < -0.3 is 29.4 Å². The highest BCUT2D eigenvalue weighted by Crippen LogP contribution is 2.38. The molecule has 1 aromatic heterocycles. The van der Waals surface area contributed by atoms with Gasteiger partial charge in [0, 0.05) is 24.9 Å². The lowest BCUT2D eigenvalue weighted by molar-refractivity contribution is -0.127. The second-order valence-electron chi connectivity index (χ2n) is 9.75. The number of aromatic hydroxyl groups is 1. The molecule has 0 saturated carbocycles. The van der Waals surface area contributed by atoms with E-state index in [2.05, 4.69) is 15.6 Å². The molecule has 0 aliphatic carbocycles. The molecular formula is C30H33N5O7. The number of ether oxygens (including phenoxy) is 4. The summed E-state index contributed by atoms with van der Waals surface area (Å²) in [6.07, 6.45) is 1.63. The van der Waals surface area contributed by atoms with Crippen LogP contribution in [0.3, 0.4) is 0 Å². The molecule has 4 aromatic rings. The van der Waals surface area contributed by atoms with Crippen molar-refractivity contribution in [2.45, 2.75) is 31.5 Å². The summed E-state index contributed by atoms with van der Waals surface area (Å²) in [4.78, 5) is 29.7. The summed E-state index contributed by atoms with van der Waals surface area (Å²) in [5.74, 6) is 0.0127. The van der Waals surface area contributed by atoms with Gasteiger partial charge in [-0.2, -0.15) is 0 Å². The van der Waals surface area contributed by atoms with Crippen LogP contribution in [0.5, 0.6) is 23.0 Å². The number of rotatable bonds is 11. The molecule has 220 valence electrons. The Kier molecular flexibility index (Phi) is 8.72. The molecule has 2 atom stereocenters. The number of para-hydroxylation sites is 1. The fourth-order valence-electron chi connectivity index (χ4n) is 5.05.